The van der Waals surface area contributed by atoms with E-state index in [0.29, 0.717) is 29.0 Å². The third-order valence-electron chi connectivity index (χ3n) is 4.61. The van der Waals surface area contributed by atoms with E-state index in [1.54, 1.807) is 0 Å². The molecule has 0 radical (unpaired) electrons. The molecule has 0 fully saturated rings. The zero-order valence-corrected chi connectivity index (χ0v) is 16.3. The molecule has 0 aliphatic rings. The molecule has 0 aliphatic heterocycles. The van der Waals surface area contributed by atoms with Crippen molar-refractivity contribution in [3.8, 4) is 0 Å². The zero-order chi connectivity index (χ0) is 17.8. The molecule has 0 amide bonds. The first-order valence-corrected chi connectivity index (χ1v) is 10.4. The van der Waals surface area contributed by atoms with Crippen molar-refractivity contribution in [3.05, 3.63) is 29.2 Å². The largest absolute Gasteiger partial charge is 0.478 e. The summed E-state index contributed by atoms with van der Waals surface area (Å²) in [6.07, 6.45) is 2.55. The third-order valence-corrected chi connectivity index (χ3v) is 10.7. The van der Waals surface area contributed by atoms with Crippen molar-refractivity contribution in [2.45, 2.75) is 71.7 Å². The van der Waals surface area contributed by atoms with Crippen LogP contribution in [0.15, 0.2) is 16.6 Å². The van der Waals surface area contributed by atoms with E-state index >= 15 is 0 Å². The van der Waals surface area contributed by atoms with Crippen molar-refractivity contribution < 1.29 is 18.7 Å². The number of carboxylic acid groups (broad SMARTS) is 1. The van der Waals surface area contributed by atoms with Crippen molar-refractivity contribution in [3.63, 3.8) is 0 Å². The fraction of sp³-hybridized carbons (Fsp3) is 0.611. The molecular formula is C18H30O4Si. The van der Waals surface area contributed by atoms with Gasteiger partial charge >= 0.3 is 5.97 Å². The van der Waals surface area contributed by atoms with E-state index in [-0.39, 0.29) is 0 Å². The van der Waals surface area contributed by atoms with Crippen molar-refractivity contribution in [2.75, 3.05) is 0 Å². The average Bonchev–Trinajstić information content (AvgIpc) is 2.76. The molecule has 0 aliphatic carbocycles. The number of hydrogen-bond acceptors (Lipinski definition) is 3. The second-order valence-corrected chi connectivity index (χ2v) is 12.5. The number of carboxylic acids is 1. The van der Waals surface area contributed by atoms with Crippen molar-refractivity contribution in [1.29, 1.82) is 0 Å². The molecule has 1 N–H and O–H groups in total. The van der Waals surface area contributed by atoms with E-state index in [9.17, 15) is 4.79 Å². The Balaban J connectivity index is 2.97. The van der Waals surface area contributed by atoms with Gasteiger partial charge < -0.3 is 13.9 Å². The van der Waals surface area contributed by atoms with Crippen LogP contribution in [0.5, 0.6) is 0 Å². The van der Waals surface area contributed by atoms with Gasteiger partial charge in [-0.2, -0.15) is 0 Å². The van der Waals surface area contributed by atoms with E-state index in [2.05, 4.69) is 41.5 Å². The molecule has 23 heavy (non-hydrogen) atoms. The summed E-state index contributed by atoms with van der Waals surface area (Å²) in [5, 5.41) is 8.70. The van der Waals surface area contributed by atoms with Crippen LogP contribution in [0.4, 0.5) is 0 Å². The van der Waals surface area contributed by atoms with Crippen LogP contribution in [-0.4, -0.2) is 19.4 Å². The minimum absolute atomic E-state index is 0.525. The van der Waals surface area contributed by atoms with E-state index in [1.165, 1.54) is 6.08 Å². The number of aryl methyl sites for hydroxylation is 1. The maximum Gasteiger partial charge on any atom is 0.328 e. The predicted octanol–water partition coefficient (Wildman–Crippen LogP) is 5.38. The third kappa shape index (κ3) is 4.58. The quantitative estimate of drug-likeness (QED) is 0.511. The summed E-state index contributed by atoms with van der Waals surface area (Å²) in [5.74, 6) is 0.353. The zero-order valence-electron chi connectivity index (χ0n) is 15.3. The first-order chi connectivity index (χ1) is 10.6. The molecule has 0 spiro atoms. The standard InChI is InChI=1S/C18H30O4Si/c1-12(2)23(13(3)4,14(5)6)21-11-16-10-17(22-15(16)7)8-9-18(19)20/h8-10,12-14H,11H2,1-7H3,(H,19,20)/b9-8+. The topological polar surface area (TPSA) is 59.7 Å². The summed E-state index contributed by atoms with van der Waals surface area (Å²) in [7, 11) is -1.91. The Bertz CT molecular complexity index is 534. The fourth-order valence-electron chi connectivity index (χ4n) is 3.63. The van der Waals surface area contributed by atoms with Gasteiger partial charge in [0, 0.05) is 11.6 Å². The minimum Gasteiger partial charge on any atom is -0.478 e. The Kier molecular flexibility index (Phi) is 6.83. The summed E-state index contributed by atoms with van der Waals surface area (Å²) >= 11 is 0. The molecule has 0 aromatic carbocycles. The molecular weight excluding hydrogens is 308 g/mol. The molecule has 0 atom stereocenters. The summed E-state index contributed by atoms with van der Waals surface area (Å²) < 4.78 is 12.2. The number of aliphatic carboxylic acids is 1. The van der Waals surface area contributed by atoms with Gasteiger partial charge in [-0.15, -0.1) is 0 Å². The van der Waals surface area contributed by atoms with Crippen LogP contribution in [-0.2, 0) is 15.8 Å². The van der Waals surface area contributed by atoms with Crippen LogP contribution in [0, 0.1) is 6.92 Å². The van der Waals surface area contributed by atoms with Crippen LogP contribution in [0.1, 0.15) is 58.6 Å². The molecule has 1 heterocycles. The van der Waals surface area contributed by atoms with Gasteiger partial charge in [0.2, 0.25) is 8.32 Å². The van der Waals surface area contributed by atoms with Crippen molar-refractivity contribution in [1.82, 2.24) is 0 Å². The van der Waals surface area contributed by atoms with Gasteiger partial charge in [0.25, 0.3) is 0 Å². The van der Waals surface area contributed by atoms with Crippen molar-refractivity contribution in [2.24, 2.45) is 0 Å². The van der Waals surface area contributed by atoms with Crippen LogP contribution in [0.2, 0.25) is 16.6 Å². The Morgan fingerprint density at radius 1 is 1.22 bits per heavy atom. The van der Waals surface area contributed by atoms with Gasteiger partial charge in [-0.05, 0) is 35.7 Å². The number of carbonyl (C=O) groups is 1. The molecule has 0 bridgehead atoms. The van der Waals surface area contributed by atoms with Crippen LogP contribution in [0.3, 0.4) is 0 Å². The molecule has 1 aromatic heterocycles. The second kappa shape index (κ2) is 7.97. The number of rotatable bonds is 8. The van der Waals surface area contributed by atoms with Gasteiger partial charge in [-0.3, -0.25) is 0 Å². The summed E-state index contributed by atoms with van der Waals surface area (Å²) in [5.41, 5.74) is 2.58. The highest BCUT2D eigenvalue weighted by atomic mass is 28.4. The highest BCUT2D eigenvalue weighted by Gasteiger charge is 2.45. The van der Waals surface area contributed by atoms with Gasteiger partial charge in [-0.1, -0.05) is 41.5 Å². The van der Waals surface area contributed by atoms with E-state index in [1.807, 2.05) is 13.0 Å². The molecule has 4 nitrogen and oxygen atoms in total. The number of furan rings is 1. The molecule has 0 saturated carbocycles. The molecule has 0 unspecified atom stereocenters. The normalized spacial score (nSPS) is 13.0. The minimum atomic E-state index is -1.91. The van der Waals surface area contributed by atoms with Crippen molar-refractivity contribution >= 4 is 20.4 Å². The average molecular weight is 339 g/mol. The maximum absolute atomic E-state index is 10.6. The molecule has 0 saturated heterocycles. The Hall–Kier alpha value is -1.33. The highest BCUT2D eigenvalue weighted by molar-refractivity contribution is 6.77. The van der Waals surface area contributed by atoms with Gasteiger partial charge in [-0.25, -0.2) is 4.79 Å². The lowest BCUT2D eigenvalue weighted by atomic mass is 10.2. The Morgan fingerprint density at radius 2 is 1.74 bits per heavy atom. The van der Waals surface area contributed by atoms with E-state index in [0.717, 1.165) is 17.4 Å². The van der Waals surface area contributed by atoms with E-state index < -0.39 is 14.3 Å². The van der Waals surface area contributed by atoms with Crippen LogP contribution >= 0.6 is 0 Å². The lowest BCUT2D eigenvalue weighted by molar-refractivity contribution is -0.131. The van der Waals surface area contributed by atoms with E-state index in [4.69, 9.17) is 13.9 Å². The lowest BCUT2D eigenvalue weighted by Gasteiger charge is -2.42. The first-order valence-electron chi connectivity index (χ1n) is 8.25. The summed E-state index contributed by atoms with van der Waals surface area (Å²) in [6, 6.07) is 1.87. The number of hydrogen-bond donors (Lipinski definition) is 1. The Labute approximate surface area is 140 Å². The lowest BCUT2D eigenvalue weighted by Crippen LogP contribution is -2.47. The molecule has 130 valence electrons. The smallest absolute Gasteiger partial charge is 0.328 e. The Morgan fingerprint density at radius 3 is 2.17 bits per heavy atom. The second-order valence-electron chi connectivity index (χ2n) is 7.01. The van der Waals surface area contributed by atoms with Gasteiger partial charge in [0.15, 0.2) is 0 Å². The molecule has 1 aromatic rings. The fourth-order valence-corrected chi connectivity index (χ4v) is 9.03. The van der Waals surface area contributed by atoms with Crippen LogP contribution < -0.4 is 0 Å². The maximum atomic E-state index is 10.6. The predicted molar refractivity (Wildman–Crippen MR) is 96.0 cm³/mol. The van der Waals surface area contributed by atoms with Crippen LogP contribution in [0.25, 0.3) is 6.08 Å². The van der Waals surface area contributed by atoms with Gasteiger partial charge in [0.1, 0.15) is 11.5 Å². The molecule has 1 rings (SSSR count). The first kappa shape index (κ1) is 19.7. The SMILES string of the molecule is Cc1oc(/C=C/C(=O)O)cc1CO[Si](C(C)C)(C(C)C)C(C)C. The molecule has 5 heteroatoms. The van der Waals surface area contributed by atoms with Gasteiger partial charge in [0.05, 0.1) is 6.61 Å². The summed E-state index contributed by atoms with van der Waals surface area (Å²) in [4.78, 5) is 10.6. The summed E-state index contributed by atoms with van der Waals surface area (Å²) in [6.45, 7) is 16.0. The highest BCUT2D eigenvalue weighted by Crippen LogP contribution is 2.42. The monoisotopic (exact) mass is 338 g/mol.